The van der Waals surface area contributed by atoms with Crippen molar-refractivity contribution in [3.8, 4) is 0 Å². The van der Waals surface area contributed by atoms with E-state index in [4.69, 9.17) is 0 Å². The molecule has 0 saturated heterocycles. The van der Waals surface area contributed by atoms with E-state index in [0.717, 1.165) is 13.1 Å². The van der Waals surface area contributed by atoms with Gasteiger partial charge >= 0.3 is 0 Å². The van der Waals surface area contributed by atoms with Crippen LogP contribution in [-0.2, 0) is 29.5 Å². The van der Waals surface area contributed by atoms with Crippen molar-refractivity contribution < 1.29 is 0 Å². The summed E-state index contributed by atoms with van der Waals surface area (Å²) in [6.07, 6.45) is 4.10. The molecule has 3 nitrogen and oxygen atoms in total. The van der Waals surface area contributed by atoms with Crippen LogP contribution in [0.25, 0.3) is 0 Å². The van der Waals surface area contributed by atoms with Crippen LogP contribution >= 0.6 is 0 Å². The van der Waals surface area contributed by atoms with Crippen molar-refractivity contribution in [1.82, 2.24) is 14.7 Å². The van der Waals surface area contributed by atoms with Crippen molar-refractivity contribution in [3.05, 3.63) is 52.8 Å². The second-order valence-electron chi connectivity index (χ2n) is 12.9. The van der Waals surface area contributed by atoms with Gasteiger partial charge in [-0.05, 0) is 74.6 Å². The molecule has 30 heavy (non-hydrogen) atoms. The fraction of sp³-hybridized carbons (Fsp3) is 0.667. The van der Waals surface area contributed by atoms with Crippen LogP contribution in [0.5, 0.6) is 0 Å². The molecule has 0 aliphatic carbocycles. The Bertz CT molecular complexity index is 817. The normalized spacial score (nSPS) is 15.6. The first-order valence-electron chi connectivity index (χ1n) is 11.3. The molecule has 0 N–H and O–H groups in total. The Hall–Kier alpha value is -1.61. The minimum Gasteiger partial charge on any atom is -0.290 e. The molecule has 0 spiro atoms. The summed E-state index contributed by atoms with van der Waals surface area (Å²) in [5.41, 5.74) is 6.58. The molecule has 168 valence electrons. The van der Waals surface area contributed by atoms with Gasteiger partial charge in [0, 0.05) is 24.8 Å². The fourth-order valence-corrected chi connectivity index (χ4v) is 3.41. The van der Waals surface area contributed by atoms with Gasteiger partial charge in [0.15, 0.2) is 0 Å². The highest BCUT2D eigenvalue weighted by atomic mass is 15.3. The quantitative estimate of drug-likeness (QED) is 0.464. The Morgan fingerprint density at radius 2 is 1.20 bits per heavy atom. The molecule has 0 amide bonds. The molecule has 3 heteroatoms. The topological polar surface area (TPSA) is 21.1 Å². The zero-order valence-corrected chi connectivity index (χ0v) is 21.6. The molecule has 1 aliphatic rings. The number of hydrogen-bond donors (Lipinski definition) is 0. The van der Waals surface area contributed by atoms with Crippen LogP contribution < -0.4 is 0 Å². The molecule has 1 aromatic heterocycles. The van der Waals surface area contributed by atoms with Gasteiger partial charge in [0.2, 0.25) is 0 Å². The van der Waals surface area contributed by atoms with Crippen LogP contribution in [0.3, 0.4) is 0 Å². The van der Waals surface area contributed by atoms with Crippen LogP contribution in [-0.4, -0.2) is 20.2 Å². The average molecular weight is 412 g/mol. The number of nitrogens with zero attached hydrogens (tertiary/aromatic N) is 3. The second-order valence-corrected chi connectivity index (χ2v) is 12.9. The van der Waals surface area contributed by atoms with E-state index in [-0.39, 0.29) is 21.9 Å². The summed E-state index contributed by atoms with van der Waals surface area (Å²) in [6, 6.07) is 7.02. The standard InChI is InChI=1S/C16H25N.C11H20N2/c1-15(2,3)14-8-7-12-10-17(16(4,5)6)11-13(12)9-14;1-10(2,3)9-7-12-13(8-9)11(4,5)6/h7-9H,10-11H2,1-6H3;7-8H,1-6H3. The smallest absolute Gasteiger partial charge is 0.0543 e. The van der Waals surface area contributed by atoms with Gasteiger partial charge in [-0.3, -0.25) is 9.58 Å². The lowest BCUT2D eigenvalue weighted by molar-refractivity contribution is 0.136. The average Bonchev–Trinajstić information content (AvgIpc) is 3.20. The maximum Gasteiger partial charge on any atom is 0.0543 e. The van der Waals surface area contributed by atoms with Gasteiger partial charge in [0.05, 0.1) is 11.7 Å². The lowest BCUT2D eigenvalue weighted by Gasteiger charge is -2.31. The molecule has 0 fully saturated rings. The molecule has 1 aromatic carbocycles. The Balaban J connectivity index is 0.000000222. The molecule has 3 rings (SSSR count). The largest absolute Gasteiger partial charge is 0.290 e. The van der Waals surface area contributed by atoms with Crippen molar-refractivity contribution in [3.63, 3.8) is 0 Å². The monoisotopic (exact) mass is 411 g/mol. The third-order valence-corrected chi connectivity index (χ3v) is 5.88. The molecule has 0 saturated carbocycles. The predicted octanol–water partition coefficient (Wildman–Crippen LogP) is 7.03. The Morgan fingerprint density at radius 3 is 1.60 bits per heavy atom. The number of fused-ring (bicyclic) bond motifs is 1. The number of aromatic nitrogens is 2. The lowest BCUT2D eigenvalue weighted by atomic mass is 9.85. The molecular formula is C27H45N3. The first kappa shape index (κ1) is 24.7. The van der Waals surface area contributed by atoms with Gasteiger partial charge in [-0.1, -0.05) is 59.7 Å². The third kappa shape index (κ3) is 6.20. The van der Waals surface area contributed by atoms with Crippen LogP contribution in [0.2, 0.25) is 0 Å². The maximum absolute atomic E-state index is 4.37. The van der Waals surface area contributed by atoms with E-state index in [1.54, 1.807) is 0 Å². The molecule has 2 heterocycles. The van der Waals surface area contributed by atoms with Crippen molar-refractivity contribution >= 4 is 0 Å². The highest BCUT2D eigenvalue weighted by molar-refractivity contribution is 5.37. The summed E-state index contributed by atoms with van der Waals surface area (Å²) >= 11 is 0. The van der Waals surface area contributed by atoms with E-state index >= 15 is 0 Å². The van der Waals surface area contributed by atoms with Crippen molar-refractivity contribution in [2.24, 2.45) is 0 Å². The highest BCUT2D eigenvalue weighted by Gasteiger charge is 2.28. The van der Waals surface area contributed by atoms with Gasteiger partial charge in [-0.2, -0.15) is 5.10 Å². The van der Waals surface area contributed by atoms with Crippen LogP contribution in [0, 0.1) is 0 Å². The Kier molecular flexibility index (Phi) is 6.70. The number of benzene rings is 1. The maximum atomic E-state index is 4.37. The van der Waals surface area contributed by atoms with E-state index in [2.05, 4.69) is 117 Å². The summed E-state index contributed by atoms with van der Waals surface area (Å²) in [5.74, 6) is 0. The molecule has 2 aromatic rings. The van der Waals surface area contributed by atoms with Gasteiger partial charge < -0.3 is 0 Å². The first-order valence-corrected chi connectivity index (χ1v) is 11.3. The lowest BCUT2D eigenvalue weighted by Crippen LogP contribution is -2.36. The van der Waals surface area contributed by atoms with Gasteiger partial charge in [0.25, 0.3) is 0 Å². The van der Waals surface area contributed by atoms with Gasteiger partial charge in [-0.15, -0.1) is 0 Å². The zero-order valence-electron chi connectivity index (χ0n) is 21.6. The zero-order chi connectivity index (χ0) is 23.1. The Morgan fingerprint density at radius 1 is 0.667 bits per heavy atom. The van der Waals surface area contributed by atoms with Gasteiger partial charge in [0.1, 0.15) is 0 Å². The van der Waals surface area contributed by atoms with E-state index in [9.17, 15) is 0 Å². The molecular weight excluding hydrogens is 366 g/mol. The first-order chi connectivity index (χ1) is 13.4. The molecule has 1 aliphatic heterocycles. The highest BCUT2D eigenvalue weighted by Crippen LogP contribution is 2.32. The van der Waals surface area contributed by atoms with Crippen molar-refractivity contribution in [2.45, 2.75) is 118 Å². The van der Waals surface area contributed by atoms with Crippen LogP contribution in [0.1, 0.15) is 105 Å². The summed E-state index contributed by atoms with van der Waals surface area (Å²) < 4.78 is 2.02. The predicted molar refractivity (Wildman–Crippen MR) is 130 cm³/mol. The van der Waals surface area contributed by atoms with E-state index < -0.39 is 0 Å². The molecule has 0 radical (unpaired) electrons. The van der Waals surface area contributed by atoms with Crippen molar-refractivity contribution in [2.75, 3.05) is 0 Å². The van der Waals surface area contributed by atoms with Crippen molar-refractivity contribution in [1.29, 1.82) is 0 Å². The third-order valence-electron chi connectivity index (χ3n) is 5.88. The fourth-order valence-electron chi connectivity index (χ4n) is 3.41. The molecule has 0 unspecified atom stereocenters. The van der Waals surface area contributed by atoms with E-state index in [1.165, 1.54) is 22.3 Å². The SMILES string of the molecule is CC(C)(C)c1ccc2c(c1)CN(C(C)(C)C)C2.CC(C)(C)c1cnn(C(C)(C)C)c1. The number of rotatable bonds is 0. The summed E-state index contributed by atoms with van der Waals surface area (Å²) in [5, 5.41) is 4.37. The molecule has 0 bridgehead atoms. The molecule has 0 atom stereocenters. The van der Waals surface area contributed by atoms with Crippen LogP contribution in [0.4, 0.5) is 0 Å². The minimum absolute atomic E-state index is 0.0868. The summed E-state index contributed by atoms with van der Waals surface area (Å²) in [6.45, 7) is 29.0. The van der Waals surface area contributed by atoms with E-state index in [1.807, 2.05) is 10.9 Å². The Labute approximate surface area is 185 Å². The van der Waals surface area contributed by atoms with Gasteiger partial charge in [-0.25, -0.2) is 0 Å². The van der Waals surface area contributed by atoms with Crippen LogP contribution in [0.15, 0.2) is 30.6 Å². The second kappa shape index (κ2) is 8.15. The summed E-state index contributed by atoms with van der Waals surface area (Å²) in [4.78, 5) is 2.55. The minimum atomic E-state index is 0.0868. The van der Waals surface area contributed by atoms with E-state index in [0.29, 0.717) is 0 Å². The number of hydrogen-bond acceptors (Lipinski definition) is 2. The summed E-state index contributed by atoms with van der Waals surface area (Å²) in [7, 11) is 0.